The van der Waals surface area contributed by atoms with Crippen molar-refractivity contribution in [2.24, 2.45) is 0 Å². The van der Waals surface area contributed by atoms with Crippen molar-refractivity contribution >= 4 is 11.6 Å². The summed E-state index contributed by atoms with van der Waals surface area (Å²) < 4.78 is 0. The summed E-state index contributed by atoms with van der Waals surface area (Å²) in [7, 11) is 0. The molecule has 0 fully saturated rings. The first kappa shape index (κ1) is 15.3. The molecule has 0 atom stereocenters. The second-order valence-electron chi connectivity index (χ2n) is 6.09. The summed E-state index contributed by atoms with van der Waals surface area (Å²) >= 11 is 0. The molecule has 4 heteroatoms. The Hall–Kier alpha value is -2.10. The highest BCUT2D eigenvalue weighted by atomic mass is 15.2. The van der Waals surface area contributed by atoms with E-state index in [4.69, 9.17) is 4.98 Å². The van der Waals surface area contributed by atoms with Crippen molar-refractivity contribution in [3.63, 3.8) is 0 Å². The molecule has 2 aromatic heterocycles. The van der Waals surface area contributed by atoms with Gasteiger partial charge in [-0.15, -0.1) is 0 Å². The maximum atomic E-state index is 4.71. The van der Waals surface area contributed by atoms with E-state index in [-0.39, 0.29) is 5.54 Å². The summed E-state index contributed by atoms with van der Waals surface area (Å²) in [5.41, 5.74) is 1.05. The van der Waals surface area contributed by atoms with Gasteiger partial charge < -0.3 is 10.2 Å². The third kappa shape index (κ3) is 4.74. The lowest BCUT2D eigenvalue weighted by atomic mass is 10.1. The summed E-state index contributed by atoms with van der Waals surface area (Å²) in [5, 5.41) is 3.41. The van der Waals surface area contributed by atoms with E-state index in [9.17, 15) is 0 Å². The van der Waals surface area contributed by atoms with Crippen LogP contribution in [0.5, 0.6) is 0 Å². The molecule has 2 heterocycles. The number of pyridine rings is 2. The van der Waals surface area contributed by atoms with Crippen LogP contribution in [0.3, 0.4) is 0 Å². The standard InChI is InChI=1S/C17H24N4/c1-5-21(13-14-9-6-7-12-18-14)16-11-8-10-15(19-16)20-17(2,3)4/h6-12H,5,13H2,1-4H3,(H,19,20). The fourth-order valence-electron chi connectivity index (χ4n) is 2.10. The summed E-state index contributed by atoms with van der Waals surface area (Å²) in [5.74, 6) is 1.87. The van der Waals surface area contributed by atoms with Crippen LogP contribution in [0.15, 0.2) is 42.6 Å². The van der Waals surface area contributed by atoms with Gasteiger partial charge in [0.05, 0.1) is 12.2 Å². The number of rotatable bonds is 5. The van der Waals surface area contributed by atoms with Gasteiger partial charge in [-0.25, -0.2) is 4.98 Å². The van der Waals surface area contributed by atoms with Gasteiger partial charge in [-0.3, -0.25) is 4.98 Å². The molecule has 0 saturated carbocycles. The zero-order chi connectivity index (χ0) is 15.3. The zero-order valence-electron chi connectivity index (χ0n) is 13.3. The van der Waals surface area contributed by atoms with E-state index in [0.717, 1.165) is 30.4 Å². The highest BCUT2D eigenvalue weighted by Gasteiger charge is 2.12. The highest BCUT2D eigenvalue weighted by Crippen LogP contribution is 2.18. The van der Waals surface area contributed by atoms with Crippen LogP contribution >= 0.6 is 0 Å². The SMILES string of the molecule is CCN(Cc1ccccn1)c1cccc(NC(C)(C)C)n1. The van der Waals surface area contributed by atoms with Crippen molar-refractivity contribution < 1.29 is 0 Å². The molecule has 0 aromatic carbocycles. The number of hydrogen-bond acceptors (Lipinski definition) is 4. The molecule has 2 aromatic rings. The van der Waals surface area contributed by atoms with Gasteiger partial charge >= 0.3 is 0 Å². The average Bonchev–Trinajstić information content (AvgIpc) is 2.44. The van der Waals surface area contributed by atoms with Crippen LogP contribution in [0.1, 0.15) is 33.4 Å². The monoisotopic (exact) mass is 284 g/mol. The first-order valence-electron chi connectivity index (χ1n) is 7.38. The molecule has 0 aliphatic rings. The van der Waals surface area contributed by atoms with Crippen LogP contribution in [0.2, 0.25) is 0 Å². The van der Waals surface area contributed by atoms with Gasteiger partial charge in [0.2, 0.25) is 0 Å². The lowest BCUT2D eigenvalue weighted by Crippen LogP contribution is -2.28. The van der Waals surface area contributed by atoms with Gasteiger partial charge in [0.25, 0.3) is 0 Å². The Morgan fingerprint density at radius 1 is 1.10 bits per heavy atom. The Labute approximate surface area is 127 Å². The van der Waals surface area contributed by atoms with E-state index in [2.05, 4.69) is 42.9 Å². The second-order valence-corrected chi connectivity index (χ2v) is 6.09. The number of nitrogens with zero attached hydrogens (tertiary/aromatic N) is 3. The van der Waals surface area contributed by atoms with E-state index in [1.165, 1.54) is 0 Å². The largest absolute Gasteiger partial charge is 0.365 e. The molecular weight excluding hydrogens is 260 g/mol. The number of hydrogen-bond donors (Lipinski definition) is 1. The third-order valence-corrected chi connectivity index (χ3v) is 3.02. The molecule has 0 spiro atoms. The van der Waals surface area contributed by atoms with Crippen LogP contribution in [0.25, 0.3) is 0 Å². The minimum absolute atomic E-state index is 0.00362. The molecule has 21 heavy (non-hydrogen) atoms. The van der Waals surface area contributed by atoms with E-state index in [0.29, 0.717) is 0 Å². The Balaban J connectivity index is 2.16. The minimum atomic E-state index is 0.00362. The predicted molar refractivity (Wildman–Crippen MR) is 88.6 cm³/mol. The summed E-state index contributed by atoms with van der Waals surface area (Å²) in [4.78, 5) is 11.3. The molecule has 0 bridgehead atoms. The van der Waals surface area contributed by atoms with Crippen LogP contribution in [-0.4, -0.2) is 22.1 Å². The predicted octanol–water partition coefficient (Wildman–Crippen LogP) is 3.71. The molecule has 1 N–H and O–H groups in total. The van der Waals surface area contributed by atoms with Crippen LogP contribution in [0.4, 0.5) is 11.6 Å². The first-order chi connectivity index (χ1) is 9.98. The molecule has 0 radical (unpaired) electrons. The molecule has 0 unspecified atom stereocenters. The van der Waals surface area contributed by atoms with Gasteiger partial charge in [0.1, 0.15) is 11.6 Å². The molecule has 0 saturated heterocycles. The highest BCUT2D eigenvalue weighted by molar-refractivity contribution is 5.48. The molecule has 2 rings (SSSR count). The fraction of sp³-hybridized carbons (Fsp3) is 0.412. The molecule has 0 amide bonds. The van der Waals surface area contributed by atoms with E-state index >= 15 is 0 Å². The summed E-state index contributed by atoms with van der Waals surface area (Å²) in [6, 6.07) is 12.1. The number of anilines is 2. The van der Waals surface area contributed by atoms with E-state index in [1.54, 1.807) is 0 Å². The third-order valence-electron chi connectivity index (χ3n) is 3.02. The normalized spacial score (nSPS) is 11.2. The second kappa shape index (κ2) is 6.57. The van der Waals surface area contributed by atoms with Crippen LogP contribution < -0.4 is 10.2 Å². The van der Waals surface area contributed by atoms with Gasteiger partial charge in [0.15, 0.2) is 0 Å². The van der Waals surface area contributed by atoms with Crippen molar-refractivity contribution in [1.29, 1.82) is 0 Å². The van der Waals surface area contributed by atoms with E-state index in [1.807, 2.05) is 42.6 Å². The topological polar surface area (TPSA) is 41.1 Å². The Morgan fingerprint density at radius 2 is 1.90 bits per heavy atom. The van der Waals surface area contributed by atoms with Crippen molar-refractivity contribution in [3.8, 4) is 0 Å². The van der Waals surface area contributed by atoms with Gasteiger partial charge in [-0.05, 0) is 52.0 Å². The fourth-order valence-corrected chi connectivity index (χ4v) is 2.10. The van der Waals surface area contributed by atoms with Gasteiger partial charge in [-0.1, -0.05) is 12.1 Å². The molecule has 112 valence electrons. The molecular formula is C17H24N4. The van der Waals surface area contributed by atoms with Crippen molar-refractivity contribution in [2.75, 3.05) is 16.8 Å². The Kier molecular flexibility index (Phi) is 4.78. The van der Waals surface area contributed by atoms with Gasteiger partial charge in [0, 0.05) is 18.3 Å². The van der Waals surface area contributed by atoms with Gasteiger partial charge in [-0.2, -0.15) is 0 Å². The zero-order valence-corrected chi connectivity index (χ0v) is 13.3. The Bertz CT molecular complexity index is 561. The molecule has 0 aliphatic heterocycles. The smallest absolute Gasteiger partial charge is 0.131 e. The summed E-state index contributed by atoms with van der Waals surface area (Å²) in [6.45, 7) is 10.2. The van der Waals surface area contributed by atoms with E-state index < -0.39 is 0 Å². The quantitative estimate of drug-likeness (QED) is 0.908. The lowest BCUT2D eigenvalue weighted by Gasteiger charge is -2.25. The Morgan fingerprint density at radius 3 is 2.52 bits per heavy atom. The molecule has 0 aliphatic carbocycles. The lowest BCUT2D eigenvalue weighted by molar-refractivity contribution is 0.630. The maximum Gasteiger partial charge on any atom is 0.131 e. The maximum absolute atomic E-state index is 4.71. The van der Waals surface area contributed by atoms with Crippen molar-refractivity contribution in [2.45, 2.75) is 39.8 Å². The van der Waals surface area contributed by atoms with Crippen LogP contribution in [-0.2, 0) is 6.54 Å². The van der Waals surface area contributed by atoms with Crippen molar-refractivity contribution in [3.05, 3.63) is 48.3 Å². The van der Waals surface area contributed by atoms with Crippen LogP contribution in [0, 0.1) is 0 Å². The first-order valence-corrected chi connectivity index (χ1v) is 7.38. The minimum Gasteiger partial charge on any atom is -0.365 e. The number of aromatic nitrogens is 2. The van der Waals surface area contributed by atoms with Crippen molar-refractivity contribution in [1.82, 2.24) is 9.97 Å². The number of nitrogens with one attached hydrogen (secondary N) is 1. The average molecular weight is 284 g/mol. The summed E-state index contributed by atoms with van der Waals surface area (Å²) in [6.07, 6.45) is 1.83. The molecule has 4 nitrogen and oxygen atoms in total.